The molecule has 2 unspecified atom stereocenters. The largest absolute Gasteiger partial charge is 0.493 e. The second kappa shape index (κ2) is 11.6. The van der Waals surface area contributed by atoms with Crippen molar-refractivity contribution in [1.29, 1.82) is 0 Å². The first kappa shape index (κ1) is 29.1. The molecule has 11 heteroatoms. The predicted octanol–water partition coefficient (Wildman–Crippen LogP) is 5.19. The lowest BCUT2D eigenvalue weighted by atomic mass is 9.84. The molecule has 0 aliphatic carbocycles. The Morgan fingerprint density at radius 3 is 2.70 bits per heavy atom. The van der Waals surface area contributed by atoms with Crippen LogP contribution in [0.4, 0.5) is 0 Å². The molecule has 0 N–H and O–H groups in total. The smallest absolute Gasteiger partial charge is 0.385 e. The number of aromatic nitrogens is 3. The highest BCUT2D eigenvalue weighted by molar-refractivity contribution is 7.84. The summed E-state index contributed by atoms with van der Waals surface area (Å²) < 4.78 is 46.6. The first-order chi connectivity index (χ1) is 20.6. The third-order valence-corrected chi connectivity index (χ3v) is 9.70. The molecule has 7 rings (SSSR count). The van der Waals surface area contributed by atoms with Gasteiger partial charge in [-0.1, -0.05) is 36.4 Å². The average molecular weight is 605 g/mol. The molecule has 1 aromatic heterocycles. The van der Waals surface area contributed by atoms with Crippen molar-refractivity contribution in [3.8, 4) is 11.5 Å². The van der Waals surface area contributed by atoms with E-state index in [2.05, 4.69) is 17.2 Å². The zero-order chi connectivity index (χ0) is 30.3. The Hall–Kier alpha value is -3.96. The van der Waals surface area contributed by atoms with E-state index in [9.17, 15) is 13.2 Å². The molecule has 0 amide bonds. The number of aryl methyl sites for hydroxylation is 3. The third-order valence-electron chi connectivity index (χ3n) is 8.41. The van der Waals surface area contributed by atoms with E-state index < -0.39 is 10.3 Å². The van der Waals surface area contributed by atoms with Crippen LogP contribution in [0.1, 0.15) is 66.0 Å². The zero-order valence-corrected chi connectivity index (χ0v) is 25.7. The molecule has 3 aliphatic heterocycles. The van der Waals surface area contributed by atoms with Crippen molar-refractivity contribution in [3.05, 3.63) is 81.9 Å². The minimum Gasteiger partial charge on any atom is -0.493 e. The van der Waals surface area contributed by atoms with Crippen molar-refractivity contribution in [2.45, 2.75) is 66.1 Å². The second-order valence-corrected chi connectivity index (χ2v) is 13.0. The number of nitrogens with zero attached hydrogens (tertiary/aromatic N) is 4. The van der Waals surface area contributed by atoms with E-state index in [0.717, 1.165) is 50.8 Å². The van der Waals surface area contributed by atoms with Crippen LogP contribution in [0.2, 0.25) is 0 Å². The number of carbonyl (C=O) groups is 1. The van der Waals surface area contributed by atoms with E-state index in [0.29, 0.717) is 24.7 Å². The maximum Gasteiger partial charge on any atom is 0.385 e. The normalized spacial score (nSPS) is 21.3. The summed E-state index contributed by atoms with van der Waals surface area (Å²) in [7, 11) is -4.02. The van der Waals surface area contributed by atoms with Crippen molar-refractivity contribution in [1.82, 2.24) is 19.3 Å². The molecule has 0 radical (unpaired) electrons. The molecule has 4 aromatic rings. The number of esters is 1. The highest BCUT2D eigenvalue weighted by Gasteiger charge is 2.33. The summed E-state index contributed by atoms with van der Waals surface area (Å²) in [6.07, 6.45) is 0.965. The highest BCUT2D eigenvalue weighted by Crippen LogP contribution is 2.37. The molecule has 43 heavy (non-hydrogen) atoms. The standard InChI is InChI=1S/C32H36N4O6S/c1-5-40-31(37)16-28-23-7-6-21(3)24(14-23)17-35-18-25-15-26(8-11-30(25)42-43(35,38)39)41-19-20(2)12-13-36-29-10-9-27(28)22(4)32(29)33-34-36/h6-11,14-15,20,28H,5,12-13,16-19H2,1-4H3/t20-,28?/m1/s1. The number of benzene rings is 3. The lowest BCUT2D eigenvalue weighted by Gasteiger charge is -2.29. The summed E-state index contributed by atoms with van der Waals surface area (Å²) in [6.45, 7) is 9.61. The Morgan fingerprint density at radius 1 is 1.07 bits per heavy atom. The van der Waals surface area contributed by atoms with Gasteiger partial charge >= 0.3 is 16.3 Å². The van der Waals surface area contributed by atoms with Gasteiger partial charge in [0, 0.05) is 31.1 Å². The van der Waals surface area contributed by atoms with Crippen molar-refractivity contribution in [2.24, 2.45) is 5.92 Å². The predicted molar refractivity (Wildman–Crippen MR) is 161 cm³/mol. The summed E-state index contributed by atoms with van der Waals surface area (Å²) in [5.41, 5.74) is 7.01. The van der Waals surface area contributed by atoms with E-state index in [1.54, 1.807) is 19.1 Å². The summed E-state index contributed by atoms with van der Waals surface area (Å²) in [6, 6.07) is 15.3. The fourth-order valence-corrected chi connectivity index (χ4v) is 6.96. The van der Waals surface area contributed by atoms with Crippen LogP contribution in [-0.4, -0.2) is 46.9 Å². The SMILES string of the molecule is CCOC(=O)CC1c2ccc(C)c(c2)CN2Cc3cc(ccc3OS2(=O)=O)OC[C@H](C)CCn2nnc3c(C)c1ccc32. The number of rotatable bonds is 3. The van der Waals surface area contributed by atoms with Gasteiger partial charge < -0.3 is 13.7 Å². The van der Waals surface area contributed by atoms with Gasteiger partial charge in [0.05, 0.1) is 25.2 Å². The minimum atomic E-state index is -4.02. The van der Waals surface area contributed by atoms with Gasteiger partial charge in [0.2, 0.25) is 0 Å². The monoisotopic (exact) mass is 604 g/mol. The maximum absolute atomic E-state index is 13.2. The van der Waals surface area contributed by atoms with Gasteiger partial charge in [-0.2, -0.15) is 12.7 Å². The number of fused-ring (bicyclic) bond motifs is 5. The molecule has 0 saturated carbocycles. The van der Waals surface area contributed by atoms with Crippen LogP contribution in [0.3, 0.4) is 0 Å². The summed E-state index contributed by atoms with van der Waals surface area (Å²) >= 11 is 0. The number of hydrogen-bond acceptors (Lipinski definition) is 8. The fraction of sp³-hybridized carbons (Fsp3) is 0.406. The van der Waals surface area contributed by atoms with Gasteiger partial charge in [-0.05, 0) is 85.2 Å². The van der Waals surface area contributed by atoms with Gasteiger partial charge in [0.15, 0.2) is 0 Å². The number of ether oxygens (including phenoxy) is 2. The number of carbonyl (C=O) groups excluding carboxylic acids is 1. The Balaban J connectivity index is 1.48. The molecule has 3 aromatic carbocycles. The molecular formula is C32H36N4O6S. The van der Waals surface area contributed by atoms with Gasteiger partial charge in [-0.25, -0.2) is 4.68 Å². The van der Waals surface area contributed by atoms with Gasteiger partial charge in [-0.3, -0.25) is 4.79 Å². The molecule has 226 valence electrons. The lowest BCUT2D eigenvalue weighted by molar-refractivity contribution is -0.143. The molecule has 3 aliphatic rings. The van der Waals surface area contributed by atoms with E-state index >= 15 is 0 Å². The first-order valence-corrected chi connectivity index (χ1v) is 16.0. The number of hydrogen-bond donors (Lipinski definition) is 0. The Bertz CT molecular complexity index is 1800. The molecular weight excluding hydrogens is 568 g/mol. The Morgan fingerprint density at radius 2 is 1.88 bits per heavy atom. The maximum atomic E-state index is 13.2. The summed E-state index contributed by atoms with van der Waals surface area (Å²) in [5, 5.41) is 9.00. The molecule has 0 spiro atoms. The van der Waals surface area contributed by atoms with Crippen molar-refractivity contribution < 1.29 is 26.9 Å². The van der Waals surface area contributed by atoms with Crippen LogP contribution in [0.25, 0.3) is 11.0 Å². The molecule has 3 atom stereocenters. The topological polar surface area (TPSA) is 113 Å². The van der Waals surface area contributed by atoms with E-state index in [4.69, 9.17) is 13.7 Å². The highest BCUT2D eigenvalue weighted by atomic mass is 32.2. The Labute approximate surface area is 251 Å². The van der Waals surface area contributed by atoms with E-state index in [1.807, 2.05) is 54.9 Å². The van der Waals surface area contributed by atoms with Crippen LogP contribution in [0.15, 0.2) is 48.5 Å². The van der Waals surface area contributed by atoms with Gasteiger partial charge in [-0.15, -0.1) is 5.10 Å². The van der Waals surface area contributed by atoms with Crippen molar-refractivity contribution in [3.63, 3.8) is 0 Å². The van der Waals surface area contributed by atoms with Crippen LogP contribution in [0.5, 0.6) is 11.5 Å². The Kier molecular flexibility index (Phi) is 7.87. The summed E-state index contributed by atoms with van der Waals surface area (Å²) in [5.74, 6) is 0.581. The second-order valence-electron chi connectivity index (χ2n) is 11.5. The van der Waals surface area contributed by atoms with Gasteiger partial charge in [0.25, 0.3) is 0 Å². The molecule has 0 fully saturated rings. The summed E-state index contributed by atoms with van der Waals surface area (Å²) in [4.78, 5) is 12.9. The zero-order valence-electron chi connectivity index (χ0n) is 24.9. The molecule has 0 saturated heterocycles. The third kappa shape index (κ3) is 5.83. The van der Waals surface area contributed by atoms with E-state index in [1.165, 1.54) is 4.31 Å². The van der Waals surface area contributed by atoms with Crippen LogP contribution < -0.4 is 8.92 Å². The molecule has 4 heterocycles. The minimum absolute atomic E-state index is 0.113. The van der Waals surface area contributed by atoms with Crippen LogP contribution in [0, 0.1) is 19.8 Å². The van der Waals surface area contributed by atoms with Crippen LogP contribution in [-0.2, 0) is 39.5 Å². The van der Waals surface area contributed by atoms with Gasteiger partial charge in [0.1, 0.15) is 17.0 Å². The molecule has 9 bridgehead atoms. The first-order valence-electron chi connectivity index (χ1n) is 14.7. The fourth-order valence-electron chi connectivity index (χ4n) is 5.87. The van der Waals surface area contributed by atoms with Crippen LogP contribution >= 0.6 is 0 Å². The molecule has 10 nitrogen and oxygen atoms in total. The lowest BCUT2D eigenvalue weighted by Crippen LogP contribution is -2.37. The van der Waals surface area contributed by atoms with Crippen molar-refractivity contribution in [2.75, 3.05) is 13.2 Å². The quantitative estimate of drug-likeness (QED) is 0.294. The van der Waals surface area contributed by atoms with E-state index in [-0.39, 0.29) is 43.9 Å². The average Bonchev–Trinajstić information content (AvgIpc) is 3.39. The van der Waals surface area contributed by atoms with Crippen molar-refractivity contribution >= 4 is 27.3 Å².